The Kier molecular flexibility index (Phi) is 8.06. The number of amides is 3. The fourth-order valence-corrected chi connectivity index (χ4v) is 5.05. The molecule has 0 aliphatic carbocycles. The second kappa shape index (κ2) is 11.2. The van der Waals surface area contributed by atoms with E-state index in [2.05, 4.69) is 27.6 Å². The number of hydrogen-bond donors (Lipinski definition) is 0. The van der Waals surface area contributed by atoms with Gasteiger partial charge in [0.15, 0.2) is 11.5 Å². The van der Waals surface area contributed by atoms with Gasteiger partial charge in [0.1, 0.15) is 13.2 Å². The van der Waals surface area contributed by atoms with Crippen molar-refractivity contribution in [2.45, 2.75) is 6.61 Å². The summed E-state index contributed by atoms with van der Waals surface area (Å²) in [7, 11) is 1.54. The zero-order valence-electron chi connectivity index (χ0n) is 18.4. The van der Waals surface area contributed by atoms with Crippen LogP contribution in [0.25, 0.3) is 6.08 Å². The Balaban J connectivity index is 1.48. The number of ether oxygens (including phenoxy) is 3. The number of thioether (sulfide) groups is 1. The lowest BCUT2D eigenvalue weighted by molar-refractivity contribution is -0.139. The Morgan fingerprint density at radius 1 is 1.26 bits per heavy atom. The molecular formula is C23H22IN3O6S. The number of imide groups is 1. The van der Waals surface area contributed by atoms with Crippen LogP contribution in [0.3, 0.4) is 0 Å². The molecule has 34 heavy (non-hydrogen) atoms. The van der Waals surface area contributed by atoms with E-state index in [-0.39, 0.29) is 24.0 Å². The first kappa shape index (κ1) is 24.5. The van der Waals surface area contributed by atoms with Crippen molar-refractivity contribution >= 4 is 57.5 Å². The second-order valence-electron chi connectivity index (χ2n) is 7.40. The Morgan fingerprint density at radius 3 is 2.76 bits per heavy atom. The third kappa shape index (κ3) is 5.70. The highest BCUT2D eigenvalue weighted by atomic mass is 127. The predicted octanol–water partition coefficient (Wildman–Crippen LogP) is 3.17. The Morgan fingerprint density at radius 2 is 2.06 bits per heavy atom. The molecule has 0 spiro atoms. The van der Waals surface area contributed by atoms with Crippen molar-refractivity contribution in [3.63, 3.8) is 0 Å². The van der Waals surface area contributed by atoms with Gasteiger partial charge in [-0.2, -0.15) is 0 Å². The first-order chi connectivity index (χ1) is 16.5. The highest BCUT2D eigenvalue weighted by molar-refractivity contribution is 14.1. The minimum atomic E-state index is -0.485. The zero-order valence-corrected chi connectivity index (χ0v) is 21.3. The first-order valence-electron chi connectivity index (χ1n) is 10.5. The SMILES string of the molecule is COc1cc(/C=C2\SC(=O)N(CC(=O)N3CCOCC3)C2=O)cc(I)c1OCc1ccccn1. The summed E-state index contributed by atoms with van der Waals surface area (Å²) in [6.45, 7) is 1.83. The maximum Gasteiger partial charge on any atom is 0.294 e. The van der Waals surface area contributed by atoms with Crippen LogP contribution >= 0.6 is 34.4 Å². The number of halogens is 1. The molecule has 4 rings (SSSR count). The third-order valence-electron chi connectivity index (χ3n) is 5.17. The molecule has 3 heterocycles. The van der Waals surface area contributed by atoms with Gasteiger partial charge in [0.25, 0.3) is 11.1 Å². The zero-order chi connectivity index (χ0) is 24.1. The molecule has 11 heteroatoms. The summed E-state index contributed by atoms with van der Waals surface area (Å²) in [4.78, 5) is 44.9. The largest absolute Gasteiger partial charge is 0.493 e. The van der Waals surface area contributed by atoms with E-state index in [1.807, 2.05) is 24.3 Å². The maximum absolute atomic E-state index is 12.9. The summed E-state index contributed by atoms with van der Waals surface area (Å²) in [5, 5.41) is -0.463. The van der Waals surface area contributed by atoms with Gasteiger partial charge >= 0.3 is 0 Å². The summed E-state index contributed by atoms with van der Waals surface area (Å²) >= 11 is 2.95. The van der Waals surface area contributed by atoms with Gasteiger partial charge in [0, 0.05) is 19.3 Å². The van der Waals surface area contributed by atoms with Crippen molar-refractivity contribution in [2.75, 3.05) is 40.0 Å². The normalized spacial score (nSPS) is 17.4. The molecule has 1 aromatic heterocycles. The molecule has 0 atom stereocenters. The van der Waals surface area contributed by atoms with Crippen molar-refractivity contribution in [3.8, 4) is 11.5 Å². The van der Waals surface area contributed by atoms with E-state index in [4.69, 9.17) is 14.2 Å². The number of methoxy groups -OCH3 is 1. The van der Waals surface area contributed by atoms with E-state index in [0.29, 0.717) is 43.4 Å². The van der Waals surface area contributed by atoms with Crippen LogP contribution < -0.4 is 9.47 Å². The van der Waals surface area contributed by atoms with Crippen molar-refractivity contribution in [2.24, 2.45) is 0 Å². The molecule has 2 saturated heterocycles. The molecule has 2 fully saturated rings. The number of nitrogens with zero attached hydrogens (tertiary/aromatic N) is 3. The van der Waals surface area contributed by atoms with Gasteiger partial charge in [-0.25, -0.2) is 0 Å². The Labute approximate surface area is 214 Å². The number of hydrogen-bond acceptors (Lipinski definition) is 8. The smallest absolute Gasteiger partial charge is 0.294 e. The lowest BCUT2D eigenvalue weighted by atomic mass is 10.2. The molecular weight excluding hydrogens is 573 g/mol. The molecule has 2 aliphatic heterocycles. The minimum Gasteiger partial charge on any atom is -0.493 e. The number of benzene rings is 1. The average Bonchev–Trinajstić information content (AvgIpc) is 3.11. The van der Waals surface area contributed by atoms with Crippen LogP contribution in [0, 0.1) is 3.57 Å². The molecule has 0 N–H and O–H groups in total. The van der Waals surface area contributed by atoms with E-state index in [0.717, 1.165) is 25.9 Å². The Bertz CT molecular complexity index is 1120. The van der Waals surface area contributed by atoms with Crippen molar-refractivity contribution < 1.29 is 28.6 Å². The van der Waals surface area contributed by atoms with Crippen molar-refractivity contribution in [1.82, 2.24) is 14.8 Å². The van der Waals surface area contributed by atoms with Gasteiger partial charge < -0.3 is 19.1 Å². The van der Waals surface area contributed by atoms with Crippen molar-refractivity contribution in [1.29, 1.82) is 0 Å². The molecule has 0 saturated carbocycles. The van der Waals surface area contributed by atoms with Gasteiger partial charge in [-0.05, 0) is 70.3 Å². The molecule has 9 nitrogen and oxygen atoms in total. The van der Waals surface area contributed by atoms with E-state index in [1.165, 1.54) is 7.11 Å². The van der Waals surface area contributed by atoms with E-state index < -0.39 is 11.1 Å². The predicted molar refractivity (Wildman–Crippen MR) is 134 cm³/mol. The van der Waals surface area contributed by atoms with Gasteiger partial charge in [-0.3, -0.25) is 24.3 Å². The molecule has 0 bridgehead atoms. The summed E-state index contributed by atoms with van der Waals surface area (Å²) in [5.41, 5.74) is 1.46. The number of morpholine rings is 1. The molecule has 3 amide bonds. The van der Waals surface area contributed by atoms with Crippen molar-refractivity contribution in [3.05, 3.63) is 56.3 Å². The summed E-state index contributed by atoms with van der Waals surface area (Å²) < 4.78 is 17.4. The van der Waals surface area contributed by atoms with Crippen LogP contribution in [0.2, 0.25) is 0 Å². The quantitative estimate of drug-likeness (QED) is 0.356. The summed E-state index contributed by atoms with van der Waals surface area (Å²) in [6.07, 6.45) is 3.32. The van der Waals surface area contributed by atoms with Crippen LogP contribution in [0.5, 0.6) is 11.5 Å². The fraction of sp³-hybridized carbons (Fsp3) is 0.304. The van der Waals surface area contributed by atoms with E-state index in [9.17, 15) is 14.4 Å². The van der Waals surface area contributed by atoms with Crippen LogP contribution in [-0.2, 0) is 20.9 Å². The highest BCUT2D eigenvalue weighted by Gasteiger charge is 2.37. The van der Waals surface area contributed by atoms with Gasteiger partial charge in [0.05, 0.1) is 34.5 Å². The molecule has 0 unspecified atom stereocenters. The molecule has 1 aromatic carbocycles. The number of carbonyl (C=O) groups excluding carboxylic acids is 3. The van der Waals surface area contributed by atoms with Crippen LogP contribution in [0.1, 0.15) is 11.3 Å². The van der Waals surface area contributed by atoms with Crippen LogP contribution in [0.4, 0.5) is 4.79 Å². The lowest BCUT2D eigenvalue weighted by Gasteiger charge is -2.28. The molecule has 0 radical (unpaired) electrons. The van der Waals surface area contributed by atoms with Gasteiger partial charge in [0.2, 0.25) is 5.91 Å². The lowest BCUT2D eigenvalue weighted by Crippen LogP contribution is -2.46. The molecule has 2 aliphatic rings. The average molecular weight is 595 g/mol. The molecule has 178 valence electrons. The van der Waals surface area contributed by atoms with Gasteiger partial charge in [-0.15, -0.1) is 0 Å². The number of pyridine rings is 1. The van der Waals surface area contributed by atoms with E-state index in [1.54, 1.807) is 23.2 Å². The third-order valence-corrected chi connectivity index (χ3v) is 6.88. The van der Waals surface area contributed by atoms with Crippen LogP contribution in [-0.4, -0.2) is 71.8 Å². The van der Waals surface area contributed by atoms with Gasteiger partial charge in [-0.1, -0.05) is 6.07 Å². The standard InChI is InChI=1S/C23H22IN3O6S/c1-31-18-11-15(10-17(24)21(18)33-14-16-4-2-3-5-25-16)12-19-22(29)27(23(30)34-19)13-20(28)26-6-8-32-9-7-26/h2-5,10-12H,6-9,13-14H2,1H3/b19-12-. The topological polar surface area (TPSA) is 98.3 Å². The van der Waals surface area contributed by atoms with E-state index >= 15 is 0 Å². The molecule has 2 aromatic rings. The number of aromatic nitrogens is 1. The summed E-state index contributed by atoms with van der Waals surface area (Å²) in [5.74, 6) is 0.310. The number of rotatable bonds is 7. The minimum absolute atomic E-state index is 0.250. The highest BCUT2D eigenvalue weighted by Crippen LogP contribution is 2.37. The second-order valence-corrected chi connectivity index (χ2v) is 9.56. The Hall–Kier alpha value is -2.64. The number of carbonyl (C=O) groups is 3. The monoisotopic (exact) mass is 595 g/mol. The first-order valence-corrected chi connectivity index (χ1v) is 12.4. The maximum atomic E-state index is 12.9. The fourth-order valence-electron chi connectivity index (χ4n) is 3.43. The van der Waals surface area contributed by atoms with Crippen LogP contribution in [0.15, 0.2) is 41.4 Å². The summed E-state index contributed by atoms with van der Waals surface area (Å²) in [6, 6.07) is 9.17.